The second kappa shape index (κ2) is 16.4. The molecule has 2 amide bonds. The summed E-state index contributed by atoms with van der Waals surface area (Å²) < 4.78 is 7.58. The fourth-order valence-electron chi connectivity index (χ4n) is 5.74. The van der Waals surface area contributed by atoms with Crippen LogP contribution in [0.4, 0.5) is 5.82 Å². The van der Waals surface area contributed by atoms with Crippen LogP contribution in [0.15, 0.2) is 73.2 Å². The SMILES string of the molecule is CN(C)CCCNc1ncc(-c2cnn(C)c2)cc1C(=O)N[C@@H]1CCN(C(=O)c2ccc(-c3ccc(OCCCN(C)C)cc3)cc2)C1. The Balaban J connectivity index is 1.18. The fourth-order valence-corrected chi connectivity index (χ4v) is 5.74. The highest BCUT2D eigenvalue weighted by atomic mass is 16.5. The molecule has 11 nitrogen and oxygen atoms in total. The van der Waals surface area contributed by atoms with Crippen LogP contribution in [0.5, 0.6) is 5.75 Å². The minimum Gasteiger partial charge on any atom is -0.494 e. The molecule has 1 saturated heterocycles. The summed E-state index contributed by atoms with van der Waals surface area (Å²) in [5, 5.41) is 10.8. The number of benzene rings is 2. The van der Waals surface area contributed by atoms with Gasteiger partial charge in [0, 0.05) is 68.4 Å². The molecule has 48 heavy (non-hydrogen) atoms. The first kappa shape index (κ1) is 34.6. The number of ether oxygens (including phenoxy) is 1. The summed E-state index contributed by atoms with van der Waals surface area (Å²) in [5.41, 5.74) is 4.91. The lowest BCUT2D eigenvalue weighted by molar-refractivity contribution is 0.0783. The Labute approximate surface area is 283 Å². The van der Waals surface area contributed by atoms with Gasteiger partial charge in [-0.2, -0.15) is 5.10 Å². The maximum absolute atomic E-state index is 13.6. The van der Waals surface area contributed by atoms with Gasteiger partial charge in [0.25, 0.3) is 11.8 Å². The van der Waals surface area contributed by atoms with E-state index >= 15 is 0 Å². The van der Waals surface area contributed by atoms with Gasteiger partial charge in [0.1, 0.15) is 11.6 Å². The molecule has 2 aromatic carbocycles. The summed E-state index contributed by atoms with van der Waals surface area (Å²) in [7, 11) is 10.0. The third kappa shape index (κ3) is 9.42. The van der Waals surface area contributed by atoms with E-state index in [1.807, 2.05) is 86.8 Å². The first-order valence-electron chi connectivity index (χ1n) is 16.6. The molecule has 3 heterocycles. The van der Waals surface area contributed by atoms with Crippen molar-refractivity contribution in [2.45, 2.75) is 25.3 Å². The molecule has 0 spiro atoms. The lowest BCUT2D eigenvalue weighted by atomic mass is 10.0. The molecule has 254 valence electrons. The van der Waals surface area contributed by atoms with Crippen LogP contribution in [0.1, 0.15) is 40.0 Å². The van der Waals surface area contributed by atoms with Crippen LogP contribution in [0.25, 0.3) is 22.3 Å². The lowest BCUT2D eigenvalue weighted by Gasteiger charge is -2.18. The number of amides is 2. The maximum atomic E-state index is 13.6. The number of nitrogens with zero attached hydrogens (tertiary/aromatic N) is 6. The second-order valence-electron chi connectivity index (χ2n) is 12.9. The highest BCUT2D eigenvalue weighted by Gasteiger charge is 2.29. The molecule has 11 heteroatoms. The van der Waals surface area contributed by atoms with E-state index in [1.54, 1.807) is 17.1 Å². The number of aromatic nitrogens is 3. The van der Waals surface area contributed by atoms with Gasteiger partial charge in [-0.3, -0.25) is 14.3 Å². The van der Waals surface area contributed by atoms with Gasteiger partial charge in [-0.05, 0) is 95.5 Å². The number of anilines is 1. The van der Waals surface area contributed by atoms with Crippen molar-refractivity contribution in [3.05, 3.63) is 84.3 Å². The molecule has 5 rings (SSSR count). The zero-order valence-electron chi connectivity index (χ0n) is 28.8. The number of nitrogens with one attached hydrogen (secondary N) is 2. The third-order valence-corrected chi connectivity index (χ3v) is 8.39. The average molecular weight is 653 g/mol. The monoisotopic (exact) mass is 652 g/mol. The number of aryl methyl sites for hydroxylation is 1. The van der Waals surface area contributed by atoms with Crippen molar-refractivity contribution >= 4 is 17.6 Å². The summed E-state index contributed by atoms with van der Waals surface area (Å²) >= 11 is 0. The Morgan fingerprint density at radius 1 is 0.896 bits per heavy atom. The van der Waals surface area contributed by atoms with Crippen LogP contribution in [-0.2, 0) is 7.05 Å². The third-order valence-electron chi connectivity index (χ3n) is 8.39. The molecule has 0 bridgehead atoms. The topological polar surface area (TPSA) is 108 Å². The first-order valence-corrected chi connectivity index (χ1v) is 16.6. The molecular weight excluding hydrogens is 604 g/mol. The molecule has 0 saturated carbocycles. The standard InChI is InChI=1S/C37H48N8O3/c1-42(2)18-6-17-38-35-34(22-30(23-39-35)31-24-40-44(5)25-31)36(46)41-32-16-20-45(26-32)37(47)29-10-8-27(9-11-29)28-12-14-33(15-13-28)48-21-7-19-43(3)4/h8-15,22-25,32H,6-7,16-21,26H2,1-5H3,(H,38,39)(H,41,46)/t32-/m1/s1. The van der Waals surface area contributed by atoms with Gasteiger partial charge in [0.15, 0.2) is 0 Å². The van der Waals surface area contributed by atoms with Crippen molar-refractivity contribution in [3.63, 3.8) is 0 Å². The summed E-state index contributed by atoms with van der Waals surface area (Å²) in [5.74, 6) is 1.15. The fraction of sp³-hybridized carbons (Fsp3) is 0.405. The van der Waals surface area contributed by atoms with Gasteiger partial charge >= 0.3 is 0 Å². The second-order valence-corrected chi connectivity index (χ2v) is 12.9. The molecule has 1 aliphatic heterocycles. The highest BCUT2D eigenvalue weighted by Crippen LogP contribution is 2.26. The van der Waals surface area contributed by atoms with Crippen LogP contribution in [0, 0.1) is 0 Å². The predicted molar refractivity (Wildman–Crippen MR) is 190 cm³/mol. The van der Waals surface area contributed by atoms with Crippen molar-refractivity contribution in [2.24, 2.45) is 7.05 Å². The predicted octanol–water partition coefficient (Wildman–Crippen LogP) is 4.49. The number of pyridine rings is 1. The Morgan fingerprint density at radius 2 is 1.58 bits per heavy atom. The van der Waals surface area contributed by atoms with E-state index < -0.39 is 0 Å². The maximum Gasteiger partial charge on any atom is 0.255 e. The average Bonchev–Trinajstić information content (AvgIpc) is 3.74. The molecule has 2 aromatic heterocycles. The Hall–Kier alpha value is -4.74. The minimum atomic E-state index is -0.211. The van der Waals surface area contributed by atoms with Crippen molar-refractivity contribution < 1.29 is 14.3 Å². The molecule has 0 unspecified atom stereocenters. The van der Waals surface area contributed by atoms with Crippen molar-refractivity contribution in [1.29, 1.82) is 0 Å². The summed E-state index contributed by atoms with van der Waals surface area (Å²) in [4.78, 5) is 37.8. The lowest BCUT2D eigenvalue weighted by Crippen LogP contribution is -2.38. The van der Waals surface area contributed by atoms with Gasteiger partial charge in [0.05, 0.1) is 18.4 Å². The van der Waals surface area contributed by atoms with E-state index in [9.17, 15) is 9.59 Å². The van der Waals surface area contributed by atoms with Gasteiger partial charge in [0.2, 0.25) is 0 Å². The van der Waals surface area contributed by atoms with Crippen LogP contribution < -0.4 is 15.4 Å². The van der Waals surface area contributed by atoms with Crippen LogP contribution in [-0.4, -0.2) is 115 Å². The molecule has 4 aromatic rings. The van der Waals surface area contributed by atoms with Gasteiger partial charge in [-0.15, -0.1) is 0 Å². The molecule has 0 aliphatic carbocycles. The van der Waals surface area contributed by atoms with Gasteiger partial charge in [-0.25, -0.2) is 4.98 Å². The Kier molecular flexibility index (Phi) is 11.8. The first-order chi connectivity index (χ1) is 23.2. The van der Waals surface area contributed by atoms with Crippen molar-refractivity contribution in [1.82, 2.24) is 34.8 Å². The van der Waals surface area contributed by atoms with E-state index in [2.05, 4.69) is 44.6 Å². The molecule has 0 radical (unpaired) electrons. The summed E-state index contributed by atoms with van der Waals surface area (Å²) in [6.45, 7) is 4.32. The number of rotatable bonds is 15. The number of hydrogen-bond donors (Lipinski definition) is 2. The molecule has 1 atom stereocenters. The van der Waals surface area contributed by atoms with Crippen LogP contribution >= 0.6 is 0 Å². The Morgan fingerprint density at radius 3 is 2.25 bits per heavy atom. The zero-order chi connectivity index (χ0) is 34.0. The summed E-state index contributed by atoms with van der Waals surface area (Å²) in [6.07, 6.45) is 8.00. The van der Waals surface area contributed by atoms with E-state index in [0.717, 1.165) is 53.9 Å². The van der Waals surface area contributed by atoms with E-state index in [4.69, 9.17) is 4.74 Å². The number of carbonyl (C=O) groups is 2. The highest BCUT2D eigenvalue weighted by molar-refractivity contribution is 6.00. The molecule has 1 fully saturated rings. The number of carbonyl (C=O) groups excluding carboxylic acids is 2. The van der Waals surface area contributed by atoms with Crippen molar-refractivity contribution in [2.75, 3.05) is 72.8 Å². The van der Waals surface area contributed by atoms with E-state index in [1.165, 1.54) is 0 Å². The van der Waals surface area contributed by atoms with Gasteiger partial charge < -0.3 is 30.1 Å². The van der Waals surface area contributed by atoms with Crippen molar-refractivity contribution in [3.8, 4) is 28.0 Å². The largest absolute Gasteiger partial charge is 0.494 e. The van der Waals surface area contributed by atoms with Crippen LogP contribution in [0.3, 0.4) is 0 Å². The van der Waals surface area contributed by atoms with E-state index in [0.29, 0.717) is 49.6 Å². The smallest absolute Gasteiger partial charge is 0.255 e. The molecule has 1 aliphatic rings. The number of likely N-dealkylation sites (tertiary alicyclic amines) is 1. The number of hydrogen-bond acceptors (Lipinski definition) is 8. The van der Waals surface area contributed by atoms with E-state index in [-0.39, 0.29) is 17.9 Å². The zero-order valence-corrected chi connectivity index (χ0v) is 28.8. The molecular formula is C37H48N8O3. The quantitative estimate of drug-likeness (QED) is 0.181. The van der Waals surface area contributed by atoms with Gasteiger partial charge in [-0.1, -0.05) is 24.3 Å². The summed E-state index contributed by atoms with van der Waals surface area (Å²) in [6, 6.07) is 17.5. The normalized spacial score (nSPS) is 14.5. The molecule has 2 N–H and O–H groups in total. The van der Waals surface area contributed by atoms with Crippen LogP contribution in [0.2, 0.25) is 0 Å². The minimum absolute atomic E-state index is 0.0386. The Bertz CT molecular complexity index is 1650.